The maximum atomic E-state index is 13.3. The molecule has 5 aromatic carbocycles. The molecule has 0 aliphatic heterocycles. The van der Waals surface area contributed by atoms with Gasteiger partial charge in [-0.1, -0.05) is 30.3 Å². The van der Waals surface area contributed by atoms with E-state index in [2.05, 4.69) is 26.0 Å². The third-order valence-electron chi connectivity index (χ3n) is 9.51. The van der Waals surface area contributed by atoms with Gasteiger partial charge < -0.3 is 35.5 Å². The molecule has 4 N–H and O–H groups in total. The number of ether oxygens (including phenoxy) is 3. The van der Waals surface area contributed by atoms with Crippen molar-refractivity contribution in [1.29, 1.82) is 0 Å². The van der Waals surface area contributed by atoms with Crippen molar-refractivity contribution >= 4 is 46.3 Å². The summed E-state index contributed by atoms with van der Waals surface area (Å²) < 4.78 is 107. The molecular formula is C46H43F7N4O9. The van der Waals surface area contributed by atoms with Gasteiger partial charge in [0, 0.05) is 12.1 Å². The van der Waals surface area contributed by atoms with Crippen molar-refractivity contribution in [1.82, 2.24) is 21.3 Å². The van der Waals surface area contributed by atoms with Crippen LogP contribution in [-0.4, -0.2) is 69.0 Å². The Hall–Kier alpha value is -7.51. The van der Waals surface area contributed by atoms with Crippen molar-refractivity contribution < 1.29 is 73.7 Å². The standard InChI is InChI=1S/C25H24F2N2O5.C21H19F5N2O4/c1-14(28-22(30)10-15-8-19(26)13-20(27)9-15)24(31)29-23(25(32)34-3)18-5-4-17-12-21(33-2)7-6-16(17)11-18;1-11(27-17(29)8-12-6-15(22)10-16(23)7-12)19(30)28-18(20(31)32-2)13-4-3-5-14(9-13)21(24,25)26/h4-9,11-14,23H,10H2,1-3H3,(H,28,30)(H,29,31);3-7,9-11,18H,8H2,1-2H3,(H,27,29)(H,28,30)/t14-,23-;11-,18?/m00/s1. The molecule has 0 aromatic heterocycles. The van der Waals surface area contributed by atoms with Gasteiger partial charge in [-0.2, -0.15) is 13.2 Å². The van der Waals surface area contributed by atoms with Gasteiger partial charge in [-0.25, -0.2) is 27.2 Å². The lowest BCUT2D eigenvalue weighted by Crippen LogP contribution is -2.47. The minimum atomic E-state index is -4.67. The molecule has 0 saturated heterocycles. The predicted molar refractivity (Wildman–Crippen MR) is 223 cm³/mol. The number of nitrogens with one attached hydrogen (secondary N) is 4. The minimum absolute atomic E-state index is 0.0315. The fourth-order valence-corrected chi connectivity index (χ4v) is 6.28. The summed E-state index contributed by atoms with van der Waals surface area (Å²) in [7, 11) is 3.77. The monoisotopic (exact) mass is 928 g/mol. The Balaban J connectivity index is 0.000000289. The topological polar surface area (TPSA) is 178 Å². The lowest BCUT2D eigenvalue weighted by Gasteiger charge is -2.21. The van der Waals surface area contributed by atoms with Gasteiger partial charge in [0.2, 0.25) is 23.6 Å². The van der Waals surface area contributed by atoms with E-state index in [0.29, 0.717) is 29.5 Å². The van der Waals surface area contributed by atoms with Crippen LogP contribution in [0.4, 0.5) is 30.7 Å². The Bertz CT molecular complexity index is 2550. The van der Waals surface area contributed by atoms with Crippen molar-refractivity contribution in [3.8, 4) is 5.75 Å². The normalized spacial score (nSPS) is 12.8. The molecule has 5 aromatic rings. The number of methoxy groups -OCH3 is 3. The van der Waals surface area contributed by atoms with Crippen molar-refractivity contribution in [2.75, 3.05) is 21.3 Å². The van der Waals surface area contributed by atoms with E-state index in [-0.39, 0.29) is 23.1 Å². The van der Waals surface area contributed by atoms with Crippen LogP contribution in [0.3, 0.4) is 0 Å². The zero-order chi connectivity index (χ0) is 48.9. The van der Waals surface area contributed by atoms with Crippen LogP contribution in [0, 0.1) is 23.3 Å². The molecule has 4 atom stereocenters. The second-order valence-corrected chi connectivity index (χ2v) is 14.5. The number of rotatable bonds is 15. The van der Waals surface area contributed by atoms with Crippen LogP contribution in [0.5, 0.6) is 5.75 Å². The van der Waals surface area contributed by atoms with E-state index in [0.717, 1.165) is 54.3 Å². The highest BCUT2D eigenvalue weighted by molar-refractivity contribution is 5.93. The molecule has 350 valence electrons. The molecule has 0 aliphatic carbocycles. The third kappa shape index (κ3) is 14.8. The van der Waals surface area contributed by atoms with Crippen LogP contribution in [0.2, 0.25) is 0 Å². The summed E-state index contributed by atoms with van der Waals surface area (Å²) in [6.07, 6.45) is -5.42. The van der Waals surface area contributed by atoms with Crippen LogP contribution in [0.15, 0.2) is 97.1 Å². The zero-order valence-corrected chi connectivity index (χ0v) is 35.8. The van der Waals surface area contributed by atoms with E-state index in [9.17, 15) is 59.5 Å². The number of carbonyl (C=O) groups is 6. The first-order valence-corrected chi connectivity index (χ1v) is 19.6. The van der Waals surface area contributed by atoms with Crippen LogP contribution in [0.1, 0.15) is 53.7 Å². The molecule has 0 radical (unpaired) electrons. The molecule has 0 bridgehead atoms. The van der Waals surface area contributed by atoms with Crippen LogP contribution < -0.4 is 26.0 Å². The molecular weight excluding hydrogens is 886 g/mol. The summed E-state index contributed by atoms with van der Waals surface area (Å²) in [5, 5.41) is 11.3. The highest BCUT2D eigenvalue weighted by Gasteiger charge is 2.33. The fourth-order valence-electron chi connectivity index (χ4n) is 6.28. The summed E-state index contributed by atoms with van der Waals surface area (Å²) in [4.78, 5) is 74.0. The first kappa shape index (κ1) is 51.1. The number of carbonyl (C=O) groups excluding carboxylic acids is 6. The molecule has 5 rings (SSSR count). The largest absolute Gasteiger partial charge is 0.497 e. The number of benzene rings is 5. The zero-order valence-electron chi connectivity index (χ0n) is 35.8. The van der Waals surface area contributed by atoms with Crippen LogP contribution in [-0.2, 0) is 57.3 Å². The Morgan fingerprint density at radius 3 is 1.38 bits per heavy atom. The smallest absolute Gasteiger partial charge is 0.416 e. The summed E-state index contributed by atoms with van der Waals surface area (Å²) in [6, 6.07) is 14.8. The molecule has 4 amide bonds. The van der Waals surface area contributed by atoms with E-state index in [1.807, 2.05) is 12.1 Å². The first-order valence-electron chi connectivity index (χ1n) is 19.6. The average Bonchev–Trinajstić information content (AvgIpc) is 3.25. The minimum Gasteiger partial charge on any atom is -0.497 e. The first-order chi connectivity index (χ1) is 31.1. The third-order valence-corrected chi connectivity index (χ3v) is 9.51. The van der Waals surface area contributed by atoms with Crippen molar-refractivity contribution in [2.45, 2.75) is 57.0 Å². The van der Waals surface area contributed by atoms with Crippen molar-refractivity contribution in [3.63, 3.8) is 0 Å². The van der Waals surface area contributed by atoms with Gasteiger partial charge in [-0.15, -0.1) is 0 Å². The molecule has 0 heterocycles. The number of amides is 4. The van der Waals surface area contributed by atoms with E-state index < -0.39 is 101 Å². The van der Waals surface area contributed by atoms with Gasteiger partial charge in [0.25, 0.3) is 0 Å². The molecule has 0 fully saturated rings. The average molecular weight is 929 g/mol. The van der Waals surface area contributed by atoms with Crippen molar-refractivity contribution in [2.24, 2.45) is 0 Å². The summed E-state index contributed by atoms with van der Waals surface area (Å²) in [5.41, 5.74) is -0.547. The Morgan fingerprint density at radius 1 is 0.530 bits per heavy atom. The number of hydrogen-bond donors (Lipinski definition) is 4. The molecule has 1 unspecified atom stereocenters. The molecule has 0 saturated carbocycles. The highest BCUT2D eigenvalue weighted by Crippen LogP contribution is 2.31. The van der Waals surface area contributed by atoms with Crippen LogP contribution >= 0.6 is 0 Å². The number of halogens is 7. The van der Waals surface area contributed by atoms with Gasteiger partial charge in [0.1, 0.15) is 41.1 Å². The fraction of sp³-hybridized carbons (Fsp3) is 0.261. The Labute approximate surface area is 373 Å². The van der Waals surface area contributed by atoms with E-state index in [4.69, 9.17) is 9.47 Å². The maximum Gasteiger partial charge on any atom is 0.416 e. The quantitative estimate of drug-likeness (QED) is 0.0697. The molecule has 20 heteroatoms. The Morgan fingerprint density at radius 2 is 0.955 bits per heavy atom. The van der Waals surface area contributed by atoms with Gasteiger partial charge in [0.15, 0.2) is 12.1 Å². The summed E-state index contributed by atoms with van der Waals surface area (Å²) in [5.74, 6) is -7.26. The summed E-state index contributed by atoms with van der Waals surface area (Å²) >= 11 is 0. The SMILES string of the molecule is COC(=O)C(NC(=O)[C@H](C)NC(=O)Cc1cc(F)cc(F)c1)c1cccc(C(F)(F)F)c1.COC(=O)[C@@H](NC(=O)[C@H](C)NC(=O)Cc1cc(F)cc(F)c1)c1ccc2cc(OC)ccc2c1. The number of fused-ring (bicyclic) bond motifs is 1. The van der Waals surface area contributed by atoms with Gasteiger partial charge in [-0.05, 0) is 101 Å². The lowest BCUT2D eigenvalue weighted by atomic mass is 10.0. The second kappa shape index (κ2) is 22.9. The van der Waals surface area contributed by atoms with E-state index in [1.165, 1.54) is 27.0 Å². The number of alkyl halides is 3. The van der Waals surface area contributed by atoms with Crippen molar-refractivity contribution in [3.05, 3.63) is 148 Å². The lowest BCUT2D eigenvalue weighted by molar-refractivity contribution is -0.146. The van der Waals surface area contributed by atoms with Gasteiger partial charge in [-0.3, -0.25) is 19.2 Å². The second-order valence-electron chi connectivity index (χ2n) is 14.5. The highest BCUT2D eigenvalue weighted by atomic mass is 19.4. The predicted octanol–water partition coefficient (Wildman–Crippen LogP) is 6.27. The Kier molecular flexibility index (Phi) is 17.7. The molecule has 0 aliphatic rings. The number of hydrogen-bond acceptors (Lipinski definition) is 9. The molecule has 66 heavy (non-hydrogen) atoms. The van der Waals surface area contributed by atoms with E-state index >= 15 is 0 Å². The van der Waals surface area contributed by atoms with Gasteiger partial charge in [0.05, 0.1) is 39.7 Å². The molecule has 13 nitrogen and oxygen atoms in total. The van der Waals surface area contributed by atoms with Gasteiger partial charge >= 0.3 is 18.1 Å². The molecule has 0 spiro atoms. The number of esters is 2. The van der Waals surface area contributed by atoms with Crippen LogP contribution in [0.25, 0.3) is 10.8 Å². The summed E-state index contributed by atoms with van der Waals surface area (Å²) in [6.45, 7) is 2.69. The maximum absolute atomic E-state index is 13.3. The van der Waals surface area contributed by atoms with E-state index in [1.54, 1.807) is 31.4 Å².